The summed E-state index contributed by atoms with van der Waals surface area (Å²) in [4.78, 5) is 2.16. The Kier molecular flexibility index (Phi) is 5.61. The predicted molar refractivity (Wildman–Crippen MR) is 97.6 cm³/mol. The first kappa shape index (κ1) is 17.7. The van der Waals surface area contributed by atoms with E-state index in [0.717, 1.165) is 6.54 Å². The van der Waals surface area contributed by atoms with E-state index in [0.29, 0.717) is 6.61 Å². The van der Waals surface area contributed by atoms with Crippen molar-refractivity contribution in [2.75, 3.05) is 27.2 Å². The molecule has 23 heavy (non-hydrogen) atoms. The molecule has 0 bridgehead atoms. The van der Waals surface area contributed by atoms with Gasteiger partial charge in [-0.05, 0) is 30.6 Å². The molecule has 124 valence electrons. The molecule has 2 rings (SSSR count). The highest BCUT2D eigenvalue weighted by atomic mass is 16.5. The maximum Gasteiger partial charge on any atom is 0.123 e. The Labute approximate surface area is 141 Å². The number of hydrogen-bond donors (Lipinski definition) is 0. The van der Waals surface area contributed by atoms with Crippen LogP contribution < -0.4 is 0 Å². The Bertz CT molecular complexity index is 545. The van der Waals surface area contributed by atoms with E-state index < -0.39 is 5.60 Å². The molecule has 0 saturated carbocycles. The fourth-order valence-corrected chi connectivity index (χ4v) is 3.14. The van der Waals surface area contributed by atoms with Gasteiger partial charge in [-0.1, -0.05) is 81.4 Å². The van der Waals surface area contributed by atoms with Crippen LogP contribution in [0.2, 0.25) is 0 Å². The summed E-state index contributed by atoms with van der Waals surface area (Å²) < 4.78 is 6.64. The summed E-state index contributed by atoms with van der Waals surface area (Å²) in [6.45, 7) is 8.35. The Morgan fingerprint density at radius 3 is 1.57 bits per heavy atom. The molecular weight excluding hydrogens is 282 g/mol. The zero-order valence-corrected chi connectivity index (χ0v) is 15.0. The van der Waals surface area contributed by atoms with Gasteiger partial charge in [0.1, 0.15) is 5.60 Å². The number of hydrogen-bond acceptors (Lipinski definition) is 2. The molecule has 0 aliphatic carbocycles. The minimum Gasteiger partial charge on any atom is -0.364 e. The summed E-state index contributed by atoms with van der Waals surface area (Å²) in [6.07, 6.45) is 0. The van der Waals surface area contributed by atoms with Crippen LogP contribution in [0.25, 0.3) is 0 Å². The van der Waals surface area contributed by atoms with Gasteiger partial charge >= 0.3 is 0 Å². The second-order valence-electron chi connectivity index (χ2n) is 7.31. The SMILES string of the molecule is CN(C)CCOC(c1ccccc1)(c1ccccc1)C(C)(C)C. The zero-order chi connectivity index (χ0) is 16.9. The molecule has 0 aliphatic heterocycles. The molecular formula is C21H29NO. The molecule has 0 atom stereocenters. The topological polar surface area (TPSA) is 12.5 Å². The third-order valence-corrected chi connectivity index (χ3v) is 4.27. The first-order chi connectivity index (χ1) is 10.9. The van der Waals surface area contributed by atoms with Crippen LogP contribution in [0.15, 0.2) is 60.7 Å². The smallest absolute Gasteiger partial charge is 0.123 e. The lowest BCUT2D eigenvalue weighted by Crippen LogP contribution is -2.45. The van der Waals surface area contributed by atoms with Gasteiger partial charge in [0, 0.05) is 6.54 Å². The Morgan fingerprint density at radius 1 is 0.783 bits per heavy atom. The number of ether oxygens (including phenoxy) is 1. The van der Waals surface area contributed by atoms with Crippen LogP contribution in [0, 0.1) is 5.41 Å². The molecule has 2 aromatic rings. The van der Waals surface area contributed by atoms with E-state index in [4.69, 9.17) is 4.74 Å². The molecule has 0 aliphatic rings. The minimum absolute atomic E-state index is 0.0813. The minimum atomic E-state index is -0.467. The average Bonchev–Trinajstić information content (AvgIpc) is 2.52. The molecule has 0 heterocycles. The van der Waals surface area contributed by atoms with Gasteiger partial charge in [-0.15, -0.1) is 0 Å². The molecule has 0 amide bonds. The molecule has 2 nitrogen and oxygen atoms in total. The van der Waals surface area contributed by atoms with E-state index in [1.807, 2.05) is 0 Å². The highest BCUT2D eigenvalue weighted by molar-refractivity contribution is 5.38. The molecule has 0 fully saturated rings. The zero-order valence-electron chi connectivity index (χ0n) is 15.0. The summed E-state index contributed by atoms with van der Waals surface area (Å²) in [7, 11) is 4.15. The van der Waals surface area contributed by atoms with Crippen molar-refractivity contribution in [2.24, 2.45) is 5.41 Å². The first-order valence-electron chi connectivity index (χ1n) is 8.27. The molecule has 0 saturated heterocycles. The molecule has 0 unspecified atom stereocenters. The average molecular weight is 311 g/mol. The largest absolute Gasteiger partial charge is 0.364 e. The van der Waals surface area contributed by atoms with Crippen LogP contribution in [-0.4, -0.2) is 32.1 Å². The van der Waals surface area contributed by atoms with E-state index in [1.54, 1.807) is 0 Å². The third-order valence-electron chi connectivity index (χ3n) is 4.27. The van der Waals surface area contributed by atoms with E-state index >= 15 is 0 Å². The number of nitrogens with zero attached hydrogens (tertiary/aromatic N) is 1. The quantitative estimate of drug-likeness (QED) is 0.776. The second-order valence-corrected chi connectivity index (χ2v) is 7.31. The molecule has 0 N–H and O–H groups in total. The van der Waals surface area contributed by atoms with E-state index in [2.05, 4.69) is 100 Å². The van der Waals surface area contributed by atoms with Crippen LogP contribution in [-0.2, 0) is 10.3 Å². The standard InChI is InChI=1S/C21H29NO/c1-20(2,3)21(23-17-16-22(4)5,18-12-8-6-9-13-18)19-14-10-7-11-15-19/h6-15H,16-17H2,1-5H3. The van der Waals surface area contributed by atoms with Crippen LogP contribution in [0.4, 0.5) is 0 Å². The number of likely N-dealkylation sites (N-methyl/N-ethyl adjacent to an activating group) is 1. The Hall–Kier alpha value is -1.64. The summed E-state index contributed by atoms with van der Waals surface area (Å²) in [5.74, 6) is 0. The van der Waals surface area contributed by atoms with Crippen LogP contribution >= 0.6 is 0 Å². The van der Waals surface area contributed by atoms with Crippen molar-refractivity contribution in [3.63, 3.8) is 0 Å². The van der Waals surface area contributed by atoms with Gasteiger partial charge in [0.05, 0.1) is 6.61 Å². The van der Waals surface area contributed by atoms with Crippen LogP contribution in [0.3, 0.4) is 0 Å². The molecule has 2 aromatic carbocycles. The van der Waals surface area contributed by atoms with Gasteiger partial charge in [0.25, 0.3) is 0 Å². The van der Waals surface area contributed by atoms with Crippen molar-refractivity contribution in [1.82, 2.24) is 4.90 Å². The molecule has 0 aromatic heterocycles. The van der Waals surface area contributed by atoms with Gasteiger partial charge in [-0.25, -0.2) is 0 Å². The van der Waals surface area contributed by atoms with E-state index in [-0.39, 0.29) is 5.41 Å². The van der Waals surface area contributed by atoms with Crippen molar-refractivity contribution in [1.29, 1.82) is 0 Å². The molecule has 0 radical (unpaired) electrons. The highest BCUT2D eigenvalue weighted by Crippen LogP contribution is 2.47. The third kappa shape index (κ3) is 3.82. The van der Waals surface area contributed by atoms with E-state index in [9.17, 15) is 0 Å². The van der Waals surface area contributed by atoms with Gasteiger partial charge in [-0.3, -0.25) is 0 Å². The normalized spacial score (nSPS) is 12.6. The first-order valence-corrected chi connectivity index (χ1v) is 8.27. The van der Waals surface area contributed by atoms with Crippen LogP contribution in [0.1, 0.15) is 31.9 Å². The predicted octanol–water partition coefficient (Wildman–Crippen LogP) is 4.55. The Morgan fingerprint density at radius 2 is 1.22 bits per heavy atom. The maximum absolute atomic E-state index is 6.64. The number of benzene rings is 2. The fourth-order valence-electron chi connectivity index (χ4n) is 3.14. The van der Waals surface area contributed by atoms with Crippen molar-refractivity contribution in [3.05, 3.63) is 71.8 Å². The summed E-state index contributed by atoms with van der Waals surface area (Å²) >= 11 is 0. The fraction of sp³-hybridized carbons (Fsp3) is 0.429. The van der Waals surface area contributed by atoms with Gasteiger partial charge < -0.3 is 9.64 Å². The number of rotatable bonds is 6. The monoisotopic (exact) mass is 311 g/mol. The van der Waals surface area contributed by atoms with Crippen molar-refractivity contribution in [2.45, 2.75) is 26.4 Å². The van der Waals surface area contributed by atoms with Crippen molar-refractivity contribution >= 4 is 0 Å². The lowest BCUT2D eigenvalue weighted by atomic mass is 9.68. The highest BCUT2D eigenvalue weighted by Gasteiger charge is 2.46. The van der Waals surface area contributed by atoms with Crippen molar-refractivity contribution < 1.29 is 4.74 Å². The van der Waals surface area contributed by atoms with Gasteiger partial charge in [0.2, 0.25) is 0 Å². The van der Waals surface area contributed by atoms with E-state index in [1.165, 1.54) is 11.1 Å². The lowest BCUT2D eigenvalue weighted by Gasteiger charge is -2.46. The summed E-state index contributed by atoms with van der Waals surface area (Å²) in [5, 5.41) is 0. The Balaban J connectivity index is 2.55. The lowest BCUT2D eigenvalue weighted by molar-refractivity contribution is -0.0956. The molecule has 0 spiro atoms. The van der Waals surface area contributed by atoms with Crippen LogP contribution in [0.5, 0.6) is 0 Å². The van der Waals surface area contributed by atoms with Gasteiger partial charge in [0.15, 0.2) is 0 Å². The van der Waals surface area contributed by atoms with Gasteiger partial charge in [-0.2, -0.15) is 0 Å². The molecule has 2 heteroatoms. The summed E-state index contributed by atoms with van der Waals surface area (Å²) in [6, 6.07) is 21.2. The second kappa shape index (κ2) is 7.29. The van der Waals surface area contributed by atoms with Crippen molar-refractivity contribution in [3.8, 4) is 0 Å². The summed E-state index contributed by atoms with van der Waals surface area (Å²) in [5.41, 5.74) is 1.86. The maximum atomic E-state index is 6.64.